The van der Waals surface area contributed by atoms with Crippen molar-refractivity contribution in [3.63, 3.8) is 0 Å². The van der Waals surface area contributed by atoms with Crippen LogP contribution >= 0.6 is 0 Å². The minimum atomic E-state index is -1.35. The molecule has 0 aromatic heterocycles. The zero-order valence-electron chi connectivity index (χ0n) is 21.0. The maximum absolute atomic E-state index is 6.91. The number of nitrogens with zero attached hydrogens (tertiary/aromatic N) is 1. The van der Waals surface area contributed by atoms with Gasteiger partial charge in [0.2, 0.25) is 0 Å². The third-order valence-corrected chi connectivity index (χ3v) is 12.1. The van der Waals surface area contributed by atoms with Crippen molar-refractivity contribution in [1.82, 2.24) is 4.90 Å². The Labute approximate surface area is 207 Å². The second-order valence-electron chi connectivity index (χ2n) is 10.9. The van der Waals surface area contributed by atoms with Crippen LogP contribution in [0.5, 0.6) is 0 Å². The quantitative estimate of drug-likeness (QED) is 0.352. The summed E-state index contributed by atoms with van der Waals surface area (Å²) in [4.78, 5) is 2.72. The molecule has 3 heteroatoms. The Hall–Kier alpha value is -2.20. The predicted molar refractivity (Wildman–Crippen MR) is 145 cm³/mol. The Balaban J connectivity index is 1.45. The van der Waals surface area contributed by atoms with E-state index in [9.17, 15) is 0 Å². The van der Waals surface area contributed by atoms with E-state index in [0.29, 0.717) is 24.5 Å². The monoisotopic (exact) mass is 469 g/mol. The van der Waals surface area contributed by atoms with Crippen LogP contribution in [0.15, 0.2) is 84.9 Å². The van der Waals surface area contributed by atoms with Gasteiger partial charge in [0.15, 0.2) is 0 Å². The Morgan fingerprint density at radius 2 is 1.47 bits per heavy atom. The summed E-state index contributed by atoms with van der Waals surface area (Å²) < 4.78 is 6.91. The third-order valence-electron chi connectivity index (χ3n) is 8.49. The van der Waals surface area contributed by atoms with Crippen molar-refractivity contribution in [1.29, 1.82) is 0 Å². The van der Waals surface area contributed by atoms with Gasteiger partial charge in [0.05, 0.1) is 20.8 Å². The van der Waals surface area contributed by atoms with E-state index in [4.69, 9.17) is 4.74 Å². The van der Waals surface area contributed by atoms with Crippen molar-refractivity contribution in [3.8, 4) is 0 Å². The van der Waals surface area contributed by atoms with Crippen molar-refractivity contribution in [2.24, 2.45) is 5.92 Å². The summed E-state index contributed by atoms with van der Waals surface area (Å²) >= 11 is 0. The summed E-state index contributed by atoms with van der Waals surface area (Å²) in [7, 11) is -1.35. The second kappa shape index (κ2) is 10.2. The Bertz CT molecular complexity index is 1020. The van der Waals surface area contributed by atoms with Crippen molar-refractivity contribution in [3.05, 3.63) is 102 Å². The van der Waals surface area contributed by atoms with Crippen molar-refractivity contribution in [2.45, 2.75) is 63.6 Å². The van der Waals surface area contributed by atoms with Gasteiger partial charge in [0.1, 0.15) is 0 Å². The molecule has 0 amide bonds. The summed E-state index contributed by atoms with van der Waals surface area (Å²) in [5.41, 5.74) is 4.13. The summed E-state index contributed by atoms with van der Waals surface area (Å²) in [6.45, 7) is 10.4. The van der Waals surface area contributed by atoms with Crippen LogP contribution in [-0.2, 0) is 11.3 Å². The molecular weight excluding hydrogens is 430 g/mol. The molecule has 3 fully saturated rings. The van der Waals surface area contributed by atoms with Gasteiger partial charge in [-0.2, -0.15) is 0 Å². The SMILES string of the molecule is CC[Si](C)(C)c1cccc(COC2C3CCN(CC3)C2C(c2ccccc2)c2ccccc2)c1. The number of rotatable bonds is 8. The van der Waals surface area contributed by atoms with Gasteiger partial charge in [-0.1, -0.05) is 116 Å². The zero-order valence-corrected chi connectivity index (χ0v) is 22.0. The Morgan fingerprint density at radius 3 is 2.06 bits per heavy atom. The van der Waals surface area contributed by atoms with Gasteiger partial charge in [-0.05, 0) is 48.5 Å². The first-order chi connectivity index (χ1) is 16.6. The first kappa shape index (κ1) is 23.5. The lowest BCUT2D eigenvalue weighted by molar-refractivity contribution is -0.120. The van der Waals surface area contributed by atoms with E-state index in [1.807, 2.05) is 0 Å². The number of hydrogen-bond donors (Lipinski definition) is 0. The van der Waals surface area contributed by atoms with Crippen LogP contribution in [0, 0.1) is 5.92 Å². The van der Waals surface area contributed by atoms with Crippen molar-refractivity contribution in [2.75, 3.05) is 13.1 Å². The first-order valence-corrected chi connectivity index (χ1v) is 16.3. The zero-order chi connectivity index (χ0) is 23.5. The van der Waals surface area contributed by atoms with Crippen molar-refractivity contribution >= 4 is 13.3 Å². The highest BCUT2D eigenvalue weighted by atomic mass is 28.3. The molecular formula is C31H39NOSi. The maximum Gasteiger partial charge on any atom is 0.0803 e. The van der Waals surface area contributed by atoms with E-state index in [1.54, 1.807) is 5.19 Å². The lowest BCUT2D eigenvalue weighted by Gasteiger charge is -2.53. The fourth-order valence-electron chi connectivity index (χ4n) is 6.05. The average molecular weight is 470 g/mol. The van der Waals surface area contributed by atoms with E-state index < -0.39 is 8.07 Å². The average Bonchev–Trinajstić information content (AvgIpc) is 2.90. The lowest BCUT2D eigenvalue weighted by atomic mass is 9.72. The number of ether oxygens (including phenoxy) is 1. The van der Waals surface area contributed by atoms with Crippen LogP contribution in [0.3, 0.4) is 0 Å². The molecule has 3 saturated heterocycles. The van der Waals surface area contributed by atoms with Gasteiger partial charge < -0.3 is 4.74 Å². The summed E-state index contributed by atoms with van der Waals surface area (Å²) in [6.07, 6.45) is 2.77. The molecule has 2 nitrogen and oxygen atoms in total. The fourth-order valence-corrected chi connectivity index (χ4v) is 7.59. The molecule has 0 radical (unpaired) electrons. The van der Waals surface area contributed by atoms with E-state index in [0.717, 1.165) is 0 Å². The maximum atomic E-state index is 6.91. The molecule has 3 aliphatic heterocycles. The van der Waals surface area contributed by atoms with Crippen LogP contribution in [0.25, 0.3) is 0 Å². The van der Waals surface area contributed by atoms with E-state index in [1.165, 1.54) is 48.7 Å². The molecule has 6 rings (SSSR count). The van der Waals surface area contributed by atoms with Crippen LogP contribution < -0.4 is 5.19 Å². The molecule has 0 saturated carbocycles. The van der Waals surface area contributed by atoms with Crippen LogP contribution in [0.2, 0.25) is 19.1 Å². The molecule has 34 heavy (non-hydrogen) atoms. The summed E-state index contributed by atoms with van der Waals surface area (Å²) in [6, 6.07) is 33.1. The Morgan fingerprint density at radius 1 is 0.853 bits per heavy atom. The molecule has 3 aromatic rings. The highest BCUT2D eigenvalue weighted by Crippen LogP contribution is 2.43. The van der Waals surface area contributed by atoms with Gasteiger partial charge in [-0.3, -0.25) is 4.90 Å². The molecule has 2 bridgehead atoms. The first-order valence-electron chi connectivity index (χ1n) is 13.1. The molecule has 0 N–H and O–H groups in total. The highest BCUT2D eigenvalue weighted by Gasteiger charge is 2.47. The molecule has 3 heterocycles. The van der Waals surface area contributed by atoms with Gasteiger partial charge in [-0.25, -0.2) is 0 Å². The second-order valence-corrected chi connectivity index (χ2v) is 15.9. The Kier molecular flexibility index (Phi) is 7.05. The van der Waals surface area contributed by atoms with Crippen LogP contribution in [0.1, 0.15) is 42.4 Å². The number of hydrogen-bond acceptors (Lipinski definition) is 2. The standard InChI is InChI=1S/C31H39NOSi/c1-4-34(2,3)28-17-11-12-24(22-28)23-33-31-27-18-20-32(21-19-27)30(31)29(25-13-7-5-8-14-25)26-15-9-6-10-16-26/h5-17,22,27,29-31H,4,18-21,23H2,1-3H3. The highest BCUT2D eigenvalue weighted by molar-refractivity contribution is 6.89. The normalized spacial score (nSPS) is 24.5. The predicted octanol–water partition coefficient (Wildman–Crippen LogP) is 6.43. The lowest BCUT2D eigenvalue weighted by Crippen LogP contribution is -2.60. The van der Waals surface area contributed by atoms with Crippen LogP contribution in [0.4, 0.5) is 0 Å². The summed E-state index contributed by atoms with van der Waals surface area (Å²) in [5.74, 6) is 0.975. The molecule has 2 atom stereocenters. The van der Waals surface area contributed by atoms with E-state index >= 15 is 0 Å². The number of fused-ring (bicyclic) bond motifs is 3. The molecule has 178 valence electrons. The fraction of sp³-hybridized carbons (Fsp3) is 0.419. The molecule has 0 spiro atoms. The minimum absolute atomic E-state index is 0.257. The molecule has 3 aliphatic rings. The van der Waals surface area contributed by atoms with Gasteiger partial charge in [-0.15, -0.1) is 0 Å². The smallest absolute Gasteiger partial charge is 0.0803 e. The number of benzene rings is 3. The van der Waals surface area contributed by atoms with E-state index in [2.05, 4.69) is 110 Å². The molecule has 0 aliphatic carbocycles. The largest absolute Gasteiger partial charge is 0.372 e. The van der Waals surface area contributed by atoms with Crippen LogP contribution in [-0.4, -0.2) is 38.2 Å². The van der Waals surface area contributed by atoms with Gasteiger partial charge >= 0.3 is 0 Å². The van der Waals surface area contributed by atoms with Crippen molar-refractivity contribution < 1.29 is 4.74 Å². The topological polar surface area (TPSA) is 12.5 Å². The van der Waals surface area contributed by atoms with Gasteiger partial charge in [0.25, 0.3) is 0 Å². The van der Waals surface area contributed by atoms with Gasteiger partial charge in [0, 0.05) is 12.0 Å². The third kappa shape index (κ3) is 4.79. The van der Waals surface area contributed by atoms with E-state index in [-0.39, 0.29) is 6.10 Å². The minimum Gasteiger partial charge on any atom is -0.372 e. The number of piperidine rings is 3. The molecule has 2 unspecified atom stereocenters. The molecule has 3 aromatic carbocycles. The summed E-state index contributed by atoms with van der Waals surface area (Å²) in [5, 5.41) is 1.55.